The maximum absolute atomic E-state index is 13.8. The van der Waals surface area contributed by atoms with Crippen molar-refractivity contribution in [3.63, 3.8) is 0 Å². The summed E-state index contributed by atoms with van der Waals surface area (Å²) in [5.74, 6) is 0.724. The second kappa shape index (κ2) is 8.62. The smallest absolute Gasteiger partial charge is 0.269 e. The Balaban J connectivity index is 1.49. The van der Waals surface area contributed by atoms with Gasteiger partial charge in [-0.05, 0) is 44.0 Å². The van der Waals surface area contributed by atoms with E-state index in [1.165, 1.54) is 0 Å². The van der Waals surface area contributed by atoms with Crippen LogP contribution in [0, 0.1) is 16.0 Å². The number of pyridine rings is 1. The number of non-ortho nitro benzene ring substituents is 1. The van der Waals surface area contributed by atoms with Gasteiger partial charge in [-0.15, -0.1) is 0 Å². The molecular formula is C24H29N5O4. The van der Waals surface area contributed by atoms with Crippen LogP contribution < -0.4 is 9.80 Å². The van der Waals surface area contributed by atoms with E-state index in [0.717, 1.165) is 30.2 Å². The van der Waals surface area contributed by atoms with Crippen LogP contribution in [0.4, 0.5) is 17.2 Å². The number of morpholine rings is 1. The molecule has 174 valence electrons. The van der Waals surface area contributed by atoms with Crippen molar-refractivity contribution >= 4 is 23.1 Å². The Kier molecular flexibility index (Phi) is 5.65. The highest BCUT2D eigenvalue weighted by Crippen LogP contribution is 2.39. The van der Waals surface area contributed by atoms with Gasteiger partial charge in [0.05, 0.1) is 29.1 Å². The largest absolute Gasteiger partial charge is 0.372 e. The van der Waals surface area contributed by atoms with E-state index >= 15 is 0 Å². The zero-order valence-electron chi connectivity index (χ0n) is 19.0. The van der Waals surface area contributed by atoms with Crippen molar-refractivity contribution in [3.05, 3.63) is 58.3 Å². The summed E-state index contributed by atoms with van der Waals surface area (Å²) in [6, 6.07) is 10.9. The highest BCUT2D eigenvalue weighted by Gasteiger charge is 2.44. The number of anilines is 2. The number of amides is 1. The Bertz CT molecular complexity index is 1040. The van der Waals surface area contributed by atoms with Crippen molar-refractivity contribution in [1.29, 1.82) is 0 Å². The van der Waals surface area contributed by atoms with Gasteiger partial charge >= 0.3 is 0 Å². The summed E-state index contributed by atoms with van der Waals surface area (Å²) in [7, 11) is 0. The predicted molar refractivity (Wildman–Crippen MR) is 124 cm³/mol. The first kappa shape index (κ1) is 21.6. The molecular weight excluding hydrogens is 422 g/mol. The summed E-state index contributed by atoms with van der Waals surface area (Å²) >= 11 is 0. The first-order chi connectivity index (χ1) is 15.9. The molecule has 1 aromatic carbocycles. The number of nitro groups is 1. The summed E-state index contributed by atoms with van der Waals surface area (Å²) in [6.45, 7) is 7.30. The first-order valence-corrected chi connectivity index (χ1v) is 11.5. The normalized spacial score (nSPS) is 27.0. The van der Waals surface area contributed by atoms with Gasteiger partial charge in [0.25, 0.3) is 5.69 Å². The number of hydrogen-bond donors (Lipinski definition) is 0. The molecule has 0 radical (unpaired) electrons. The van der Waals surface area contributed by atoms with E-state index < -0.39 is 0 Å². The van der Waals surface area contributed by atoms with Gasteiger partial charge in [-0.3, -0.25) is 14.9 Å². The predicted octanol–water partition coefficient (Wildman–Crippen LogP) is 2.49. The number of nitro benzene ring substituents is 1. The van der Waals surface area contributed by atoms with Crippen molar-refractivity contribution in [3.8, 4) is 0 Å². The second-order valence-electron chi connectivity index (χ2n) is 9.28. The number of fused-ring (bicyclic) bond motifs is 3. The molecule has 0 aliphatic carbocycles. The van der Waals surface area contributed by atoms with Crippen LogP contribution >= 0.6 is 0 Å². The molecule has 2 aromatic rings. The highest BCUT2D eigenvalue weighted by molar-refractivity contribution is 5.83. The summed E-state index contributed by atoms with van der Waals surface area (Å²) in [5.41, 5.74) is 1.94. The minimum atomic E-state index is -0.368. The van der Waals surface area contributed by atoms with E-state index in [9.17, 15) is 14.9 Å². The number of benzene rings is 1. The van der Waals surface area contributed by atoms with Crippen LogP contribution in [0.3, 0.4) is 0 Å². The number of nitrogens with zero attached hydrogens (tertiary/aromatic N) is 5. The fourth-order valence-electron chi connectivity index (χ4n) is 5.55. The topological polar surface area (TPSA) is 92.0 Å². The van der Waals surface area contributed by atoms with E-state index in [0.29, 0.717) is 26.1 Å². The zero-order chi connectivity index (χ0) is 23.1. The molecule has 2 saturated heterocycles. The van der Waals surface area contributed by atoms with E-state index in [1.54, 1.807) is 18.3 Å². The monoisotopic (exact) mass is 451 g/mol. The van der Waals surface area contributed by atoms with Crippen molar-refractivity contribution in [1.82, 2.24) is 9.88 Å². The number of rotatable bonds is 3. The minimum absolute atomic E-state index is 0.0119. The number of carbonyl (C=O) groups excluding carboxylic acids is 1. The average Bonchev–Trinajstić information content (AvgIpc) is 2.82. The van der Waals surface area contributed by atoms with Gasteiger partial charge in [0.15, 0.2) is 0 Å². The lowest BCUT2D eigenvalue weighted by molar-refractivity contribution is -0.384. The molecule has 0 N–H and O–H groups in total. The van der Waals surface area contributed by atoms with Crippen LogP contribution in [-0.4, -0.2) is 71.7 Å². The highest BCUT2D eigenvalue weighted by atomic mass is 16.6. The standard InChI is InChI=1S/C24H29N5O4/c1-16-13-27(14-17(2)33-16)24(30)20-12-18-11-19(29(31)32)6-7-21(18)28-10-9-26(15-22(20)28)23-5-3-4-8-25-23/h3-8,11,16-17,20,22H,9-10,12-15H2,1-2H3/t16-,17+,20-,22-/m1/s1. The number of aromatic nitrogens is 1. The third-order valence-corrected chi connectivity index (χ3v) is 6.93. The molecule has 1 aromatic heterocycles. The van der Waals surface area contributed by atoms with Gasteiger partial charge in [-0.25, -0.2) is 4.98 Å². The molecule has 0 bridgehead atoms. The molecule has 9 nitrogen and oxygen atoms in total. The van der Waals surface area contributed by atoms with Gasteiger partial charge in [-0.1, -0.05) is 6.07 Å². The summed E-state index contributed by atoms with van der Waals surface area (Å²) in [6.07, 6.45) is 2.26. The average molecular weight is 452 g/mol. The lowest BCUT2D eigenvalue weighted by Gasteiger charge is -2.50. The van der Waals surface area contributed by atoms with Gasteiger partial charge in [0.1, 0.15) is 5.82 Å². The minimum Gasteiger partial charge on any atom is -0.372 e. The van der Waals surface area contributed by atoms with Gasteiger partial charge < -0.3 is 19.4 Å². The Labute approximate surface area is 193 Å². The van der Waals surface area contributed by atoms with Crippen LogP contribution in [0.2, 0.25) is 0 Å². The molecule has 3 aliphatic heterocycles. The molecule has 33 heavy (non-hydrogen) atoms. The van der Waals surface area contributed by atoms with Crippen LogP contribution in [0.15, 0.2) is 42.6 Å². The van der Waals surface area contributed by atoms with Crippen LogP contribution in [-0.2, 0) is 16.0 Å². The van der Waals surface area contributed by atoms with Gasteiger partial charge in [0.2, 0.25) is 5.91 Å². The van der Waals surface area contributed by atoms with Gasteiger partial charge in [-0.2, -0.15) is 0 Å². The molecule has 5 rings (SSSR count). The Morgan fingerprint density at radius 1 is 1.12 bits per heavy atom. The Hall–Kier alpha value is -3.20. The van der Waals surface area contributed by atoms with Crippen molar-refractivity contribution < 1.29 is 14.5 Å². The Morgan fingerprint density at radius 3 is 2.61 bits per heavy atom. The van der Waals surface area contributed by atoms with Crippen LogP contribution in [0.25, 0.3) is 0 Å². The van der Waals surface area contributed by atoms with E-state index in [4.69, 9.17) is 4.74 Å². The fourth-order valence-corrected chi connectivity index (χ4v) is 5.55. The summed E-state index contributed by atoms with van der Waals surface area (Å²) < 4.78 is 5.84. The second-order valence-corrected chi connectivity index (χ2v) is 9.28. The SMILES string of the molecule is C[C@@H]1CN(C(=O)[C@@H]2Cc3cc([N+](=O)[O-])ccc3N3CCN(c4ccccn4)C[C@H]23)C[C@H](C)O1. The summed E-state index contributed by atoms with van der Waals surface area (Å²) in [5, 5.41) is 11.4. The quantitative estimate of drug-likeness (QED) is 0.523. The number of carbonyl (C=O) groups is 1. The molecule has 3 aliphatic rings. The fraction of sp³-hybridized carbons (Fsp3) is 0.500. The molecule has 0 saturated carbocycles. The lowest BCUT2D eigenvalue weighted by atomic mass is 9.82. The third-order valence-electron chi connectivity index (χ3n) is 6.93. The van der Waals surface area contributed by atoms with Crippen LogP contribution in [0.1, 0.15) is 19.4 Å². The first-order valence-electron chi connectivity index (χ1n) is 11.5. The molecule has 9 heteroatoms. The summed E-state index contributed by atoms with van der Waals surface area (Å²) in [4.78, 5) is 35.8. The van der Waals surface area contributed by atoms with Crippen molar-refractivity contribution in [2.75, 3.05) is 42.5 Å². The van der Waals surface area contributed by atoms with Crippen molar-refractivity contribution in [2.45, 2.75) is 38.5 Å². The molecule has 2 fully saturated rings. The zero-order valence-corrected chi connectivity index (χ0v) is 19.0. The third kappa shape index (κ3) is 4.13. The van der Waals surface area contributed by atoms with E-state index in [2.05, 4.69) is 14.8 Å². The molecule has 1 amide bonds. The number of piperazine rings is 1. The Morgan fingerprint density at radius 2 is 1.91 bits per heavy atom. The molecule has 4 heterocycles. The number of hydrogen-bond acceptors (Lipinski definition) is 7. The molecule has 0 unspecified atom stereocenters. The maximum atomic E-state index is 13.8. The van der Waals surface area contributed by atoms with Gasteiger partial charge in [0, 0.05) is 56.7 Å². The molecule has 0 spiro atoms. The van der Waals surface area contributed by atoms with Crippen molar-refractivity contribution in [2.24, 2.45) is 5.92 Å². The number of ether oxygens (including phenoxy) is 1. The lowest BCUT2D eigenvalue weighted by Crippen LogP contribution is -2.62. The van der Waals surface area contributed by atoms with Crippen LogP contribution in [0.5, 0.6) is 0 Å². The van der Waals surface area contributed by atoms with E-state index in [-0.39, 0.29) is 40.7 Å². The maximum Gasteiger partial charge on any atom is 0.269 e. The molecule has 4 atom stereocenters. The van der Waals surface area contributed by atoms with E-state index in [1.807, 2.05) is 43.0 Å².